The third-order valence-electron chi connectivity index (χ3n) is 3.50. The third-order valence-corrected chi connectivity index (χ3v) is 3.74. The van der Waals surface area contributed by atoms with Crippen molar-refractivity contribution in [3.63, 3.8) is 0 Å². The monoisotopic (exact) mass is 394 g/mol. The summed E-state index contributed by atoms with van der Waals surface area (Å²) in [6.45, 7) is 1.75. The molecule has 0 bridgehead atoms. The van der Waals surface area contributed by atoms with Crippen LogP contribution < -0.4 is 5.32 Å². The summed E-state index contributed by atoms with van der Waals surface area (Å²) < 4.78 is 38.5. The number of halogens is 4. The molecule has 0 atom stereocenters. The van der Waals surface area contributed by atoms with E-state index in [1.807, 2.05) is 6.07 Å². The molecule has 0 radical (unpaired) electrons. The van der Waals surface area contributed by atoms with Gasteiger partial charge in [0.05, 0.1) is 11.9 Å². The van der Waals surface area contributed by atoms with E-state index in [0.717, 1.165) is 11.6 Å². The summed E-state index contributed by atoms with van der Waals surface area (Å²) in [5.41, 5.74) is 0.650. The Hall–Kier alpha value is -2.81. The Morgan fingerprint density at radius 1 is 1.11 bits per heavy atom. The SMILES string of the molecule is Cc1cc(C(F)(F)F)nc(CCNc2nncc(-c3cccc(Cl)c3)n2)n1. The lowest BCUT2D eigenvalue weighted by molar-refractivity contribution is -0.141. The number of nitrogens with zero attached hydrogens (tertiary/aromatic N) is 5. The first-order chi connectivity index (χ1) is 12.8. The molecular weight excluding hydrogens is 381 g/mol. The molecule has 27 heavy (non-hydrogen) atoms. The van der Waals surface area contributed by atoms with Crippen LogP contribution in [0.5, 0.6) is 0 Å². The molecule has 3 rings (SSSR count). The van der Waals surface area contributed by atoms with Gasteiger partial charge < -0.3 is 5.32 Å². The predicted octanol–water partition coefficient (Wildman–Crippen LogP) is 3.96. The molecule has 0 aliphatic carbocycles. The molecule has 0 spiro atoms. The van der Waals surface area contributed by atoms with E-state index < -0.39 is 11.9 Å². The molecule has 10 heteroatoms. The molecular formula is C17H14ClF3N6. The van der Waals surface area contributed by atoms with Gasteiger partial charge in [0.15, 0.2) is 0 Å². The van der Waals surface area contributed by atoms with Crippen LogP contribution in [0.4, 0.5) is 19.1 Å². The molecule has 0 unspecified atom stereocenters. The number of aryl methyl sites for hydroxylation is 1. The number of hydrogen-bond donors (Lipinski definition) is 1. The van der Waals surface area contributed by atoms with Crippen LogP contribution in [0, 0.1) is 6.92 Å². The first-order valence-corrected chi connectivity index (χ1v) is 8.30. The van der Waals surface area contributed by atoms with Crippen LogP contribution in [0.15, 0.2) is 36.5 Å². The maximum Gasteiger partial charge on any atom is 0.433 e. The molecule has 0 saturated carbocycles. The molecule has 0 aliphatic rings. The molecule has 0 amide bonds. The summed E-state index contributed by atoms with van der Waals surface area (Å²) in [6, 6.07) is 8.03. The average Bonchev–Trinajstić information content (AvgIpc) is 2.61. The van der Waals surface area contributed by atoms with E-state index in [1.54, 1.807) is 18.2 Å². The molecule has 0 fully saturated rings. The Labute approximate surface area is 157 Å². The summed E-state index contributed by atoms with van der Waals surface area (Å²) >= 11 is 5.97. The van der Waals surface area contributed by atoms with Gasteiger partial charge in [0.2, 0.25) is 5.95 Å². The van der Waals surface area contributed by atoms with Crippen molar-refractivity contribution in [3.8, 4) is 11.3 Å². The van der Waals surface area contributed by atoms with Crippen LogP contribution in [-0.4, -0.2) is 31.7 Å². The minimum Gasteiger partial charge on any atom is -0.352 e. The lowest BCUT2D eigenvalue weighted by atomic mass is 10.2. The minimum absolute atomic E-state index is 0.0915. The molecule has 2 aromatic heterocycles. The second-order valence-corrected chi connectivity index (χ2v) is 6.10. The fraction of sp³-hybridized carbons (Fsp3) is 0.235. The Morgan fingerprint density at radius 3 is 2.67 bits per heavy atom. The predicted molar refractivity (Wildman–Crippen MR) is 94.2 cm³/mol. The van der Waals surface area contributed by atoms with Crippen LogP contribution in [0.25, 0.3) is 11.3 Å². The van der Waals surface area contributed by atoms with Gasteiger partial charge in [0.25, 0.3) is 0 Å². The van der Waals surface area contributed by atoms with Crippen LogP contribution in [0.3, 0.4) is 0 Å². The highest BCUT2D eigenvalue weighted by Gasteiger charge is 2.33. The first kappa shape index (κ1) is 19.0. The van der Waals surface area contributed by atoms with Crippen LogP contribution in [-0.2, 0) is 12.6 Å². The second-order valence-electron chi connectivity index (χ2n) is 5.66. The van der Waals surface area contributed by atoms with Crippen molar-refractivity contribution in [2.24, 2.45) is 0 Å². The van der Waals surface area contributed by atoms with Crippen molar-refractivity contribution in [2.75, 3.05) is 11.9 Å². The highest BCUT2D eigenvalue weighted by Crippen LogP contribution is 2.27. The van der Waals surface area contributed by atoms with Gasteiger partial charge in [0.1, 0.15) is 11.5 Å². The van der Waals surface area contributed by atoms with Gasteiger partial charge in [-0.1, -0.05) is 23.7 Å². The number of rotatable bonds is 5. The Balaban J connectivity index is 1.68. The summed E-state index contributed by atoms with van der Waals surface area (Å²) in [5, 5.41) is 11.2. The maximum atomic E-state index is 12.8. The highest BCUT2D eigenvalue weighted by molar-refractivity contribution is 6.30. The lowest BCUT2D eigenvalue weighted by Gasteiger charge is -2.09. The van der Waals surface area contributed by atoms with Gasteiger partial charge in [0, 0.05) is 29.2 Å². The average molecular weight is 395 g/mol. The van der Waals surface area contributed by atoms with Gasteiger partial charge in [-0.3, -0.25) is 0 Å². The van der Waals surface area contributed by atoms with Gasteiger partial charge in [-0.25, -0.2) is 15.0 Å². The second kappa shape index (κ2) is 7.83. The third kappa shape index (κ3) is 5.10. The highest BCUT2D eigenvalue weighted by atomic mass is 35.5. The minimum atomic E-state index is -4.51. The van der Waals surface area contributed by atoms with Crippen molar-refractivity contribution in [3.05, 3.63) is 58.8 Å². The molecule has 140 valence electrons. The zero-order chi connectivity index (χ0) is 19.4. The number of aromatic nitrogens is 5. The Kier molecular flexibility index (Phi) is 5.50. The Morgan fingerprint density at radius 2 is 1.93 bits per heavy atom. The van der Waals surface area contributed by atoms with Crippen molar-refractivity contribution < 1.29 is 13.2 Å². The summed E-state index contributed by atoms with van der Waals surface area (Å²) in [4.78, 5) is 11.9. The van der Waals surface area contributed by atoms with E-state index in [2.05, 4.69) is 30.5 Å². The van der Waals surface area contributed by atoms with Crippen molar-refractivity contribution >= 4 is 17.5 Å². The summed E-state index contributed by atoms with van der Waals surface area (Å²) in [6.07, 6.45) is -2.83. The van der Waals surface area contributed by atoms with Crippen LogP contribution >= 0.6 is 11.6 Å². The molecule has 0 saturated heterocycles. The van der Waals surface area contributed by atoms with Crippen molar-refractivity contribution in [2.45, 2.75) is 19.5 Å². The number of anilines is 1. The van der Waals surface area contributed by atoms with E-state index in [-0.39, 0.29) is 30.4 Å². The molecule has 1 N–H and O–H groups in total. The Bertz CT molecular complexity index is 948. The zero-order valence-electron chi connectivity index (χ0n) is 14.1. The fourth-order valence-corrected chi connectivity index (χ4v) is 2.53. The maximum absolute atomic E-state index is 12.8. The van der Waals surface area contributed by atoms with E-state index in [9.17, 15) is 13.2 Å². The van der Waals surface area contributed by atoms with E-state index in [1.165, 1.54) is 13.1 Å². The quantitative estimate of drug-likeness (QED) is 0.705. The van der Waals surface area contributed by atoms with Crippen LogP contribution in [0.2, 0.25) is 5.02 Å². The molecule has 2 heterocycles. The number of hydrogen-bond acceptors (Lipinski definition) is 6. The van der Waals surface area contributed by atoms with Crippen molar-refractivity contribution in [1.29, 1.82) is 0 Å². The van der Waals surface area contributed by atoms with Gasteiger partial charge in [-0.2, -0.15) is 18.3 Å². The standard InChI is InChI=1S/C17H14ClF3N6/c1-10-7-14(17(19,20)21)26-15(24-10)5-6-22-16-25-13(9-23-27-16)11-3-2-4-12(18)8-11/h2-4,7-9H,5-6H2,1H3,(H,22,25,27). The lowest BCUT2D eigenvalue weighted by Crippen LogP contribution is -2.15. The van der Waals surface area contributed by atoms with Gasteiger partial charge in [-0.15, -0.1) is 5.10 Å². The van der Waals surface area contributed by atoms with E-state index in [4.69, 9.17) is 11.6 Å². The summed E-state index contributed by atoms with van der Waals surface area (Å²) in [7, 11) is 0. The molecule has 1 aromatic carbocycles. The zero-order valence-corrected chi connectivity index (χ0v) is 14.9. The van der Waals surface area contributed by atoms with E-state index >= 15 is 0 Å². The largest absolute Gasteiger partial charge is 0.433 e. The number of benzene rings is 1. The van der Waals surface area contributed by atoms with Crippen molar-refractivity contribution in [1.82, 2.24) is 25.1 Å². The molecule has 6 nitrogen and oxygen atoms in total. The normalized spacial score (nSPS) is 11.4. The fourth-order valence-electron chi connectivity index (χ4n) is 2.34. The van der Waals surface area contributed by atoms with Gasteiger partial charge >= 0.3 is 6.18 Å². The first-order valence-electron chi connectivity index (χ1n) is 7.92. The topological polar surface area (TPSA) is 76.5 Å². The van der Waals surface area contributed by atoms with Crippen LogP contribution in [0.1, 0.15) is 17.2 Å². The molecule has 3 aromatic rings. The smallest absolute Gasteiger partial charge is 0.352 e. The van der Waals surface area contributed by atoms with Gasteiger partial charge in [-0.05, 0) is 25.1 Å². The summed E-state index contributed by atoms with van der Waals surface area (Å²) in [5.74, 6) is 0.338. The molecule has 0 aliphatic heterocycles. The number of nitrogens with one attached hydrogen (secondary N) is 1. The van der Waals surface area contributed by atoms with E-state index in [0.29, 0.717) is 10.7 Å². The number of alkyl halides is 3.